The molecule has 0 radical (unpaired) electrons. The third kappa shape index (κ3) is 4.87. The van der Waals surface area contributed by atoms with Gasteiger partial charge in [-0.15, -0.1) is 0 Å². The highest BCUT2D eigenvalue weighted by Crippen LogP contribution is 2.19. The van der Waals surface area contributed by atoms with Crippen LogP contribution in [0.25, 0.3) is 0 Å². The van der Waals surface area contributed by atoms with Gasteiger partial charge in [0.15, 0.2) is 0 Å². The average molecular weight is 326 g/mol. The first-order valence-electron chi connectivity index (χ1n) is 7.05. The maximum absolute atomic E-state index is 12.0. The second-order valence-corrected chi connectivity index (χ2v) is 5.38. The maximum Gasteiger partial charge on any atom is 0.263 e. The highest BCUT2D eigenvalue weighted by Gasteiger charge is 2.08. The molecule has 2 aromatic carbocycles. The van der Waals surface area contributed by atoms with Crippen LogP contribution in [0, 0.1) is 18.3 Å². The molecule has 0 heterocycles. The Hall–Kier alpha value is -2.77. The molecule has 0 aliphatic rings. The number of hydrogen-bond donors (Lipinski definition) is 2. The van der Waals surface area contributed by atoms with Gasteiger partial charge >= 0.3 is 0 Å². The number of halogens is 1. The molecule has 0 aliphatic heterocycles. The zero-order chi connectivity index (χ0) is 16.7. The van der Waals surface area contributed by atoms with Crippen LogP contribution < -0.4 is 10.6 Å². The zero-order valence-electron chi connectivity index (χ0n) is 12.6. The van der Waals surface area contributed by atoms with E-state index in [0.29, 0.717) is 11.6 Å². The first-order chi connectivity index (χ1) is 11.1. The molecule has 2 N–H and O–H groups in total. The van der Waals surface area contributed by atoms with Gasteiger partial charge in [-0.05, 0) is 36.2 Å². The van der Waals surface area contributed by atoms with Crippen molar-refractivity contribution in [1.29, 1.82) is 5.26 Å². The number of hydrogen-bond acceptors (Lipinski definition) is 3. The highest BCUT2D eigenvalue weighted by atomic mass is 35.5. The summed E-state index contributed by atoms with van der Waals surface area (Å²) in [5.74, 6) is -0.421. The number of carbonyl (C=O) groups excluding carboxylic acids is 1. The second kappa shape index (κ2) is 8.02. The van der Waals surface area contributed by atoms with Crippen molar-refractivity contribution in [2.45, 2.75) is 13.5 Å². The smallest absolute Gasteiger partial charge is 0.263 e. The molecule has 0 fully saturated rings. The molecule has 2 aromatic rings. The number of aryl methyl sites for hydroxylation is 1. The molecule has 0 aliphatic carbocycles. The van der Waals surface area contributed by atoms with Gasteiger partial charge in [-0.25, -0.2) is 0 Å². The Balaban J connectivity index is 2.00. The van der Waals surface area contributed by atoms with Crippen LogP contribution in [0.4, 0.5) is 5.69 Å². The Morgan fingerprint density at radius 2 is 2.00 bits per heavy atom. The lowest BCUT2D eigenvalue weighted by Crippen LogP contribution is -2.24. The quantitative estimate of drug-likeness (QED) is 0.649. The molecule has 0 saturated heterocycles. The number of carbonyl (C=O) groups is 1. The highest BCUT2D eigenvalue weighted by molar-refractivity contribution is 6.30. The van der Waals surface area contributed by atoms with Crippen LogP contribution in [-0.4, -0.2) is 5.91 Å². The summed E-state index contributed by atoms with van der Waals surface area (Å²) in [6, 6.07) is 16.8. The van der Waals surface area contributed by atoms with Crippen molar-refractivity contribution in [1.82, 2.24) is 5.32 Å². The number of nitrogens with one attached hydrogen (secondary N) is 2. The van der Waals surface area contributed by atoms with E-state index in [-0.39, 0.29) is 5.57 Å². The van der Waals surface area contributed by atoms with Crippen molar-refractivity contribution < 1.29 is 4.79 Å². The molecule has 2 rings (SSSR count). The fourth-order valence-corrected chi connectivity index (χ4v) is 2.19. The first kappa shape index (κ1) is 16.6. The minimum Gasteiger partial charge on any atom is -0.360 e. The molecule has 0 spiro atoms. The number of amides is 1. The lowest BCUT2D eigenvalue weighted by molar-refractivity contribution is -0.117. The predicted molar refractivity (Wildman–Crippen MR) is 91.8 cm³/mol. The fourth-order valence-electron chi connectivity index (χ4n) is 1.96. The predicted octanol–water partition coefficient (Wildman–Crippen LogP) is 3.78. The van der Waals surface area contributed by atoms with Crippen LogP contribution >= 0.6 is 11.6 Å². The lowest BCUT2D eigenvalue weighted by atomic mass is 10.2. The molecule has 23 heavy (non-hydrogen) atoms. The van der Waals surface area contributed by atoms with E-state index < -0.39 is 5.91 Å². The summed E-state index contributed by atoms with van der Waals surface area (Å²) in [6.07, 6.45) is 1.40. The van der Waals surface area contributed by atoms with Crippen molar-refractivity contribution in [3.63, 3.8) is 0 Å². The van der Waals surface area contributed by atoms with E-state index in [4.69, 9.17) is 16.9 Å². The van der Waals surface area contributed by atoms with Crippen LogP contribution in [0.5, 0.6) is 0 Å². The SMILES string of the molecule is Cc1cc(Cl)ccc1N/C=C(/C#N)C(=O)NCc1ccccc1. The van der Waals surface area contributed by atoms with Crippen LogP contribution in [0.3, 0.4) is 0 Å². The van der Waals surface area contributed by atoms with E-state index in [2.05, 4.69) is 10.6 Å². The van der Waals surface area contributed by atoms with Crippen molar-refractivity contribution in [3.8, 4) is 6.07 Å². The summed E-state index contributed by atoms with van der Waals surface area (Å²) in [5.41, 5.74) is 2.70. The normalized spacial score (nSPS) is 10.7. The second-order valence-electron chi connectivity index (χ2n) is 4.94. The van der Waals surface area contributed by atoms with E-state index in [1.54, 1.807) is 18.2 Å². The van der Waals surface area contributed by atoms with Crippen molar-refractivity contribution in [2.75, 3.05) is 5.32 Å². The summed E-state index contributed by atoms with van der Waals surface area (Å²) < 4.78 is 0. The van der Waals surface area contributed by atoms with Gasteiger partial charge in [0.1, 0.15) is 11.6 Å². The number of nitriles is 1. The molecule has 0 bridgehead atoms. The van der Waals surface area contributed by atoms with Gasteiger partial charge in [0.25, 0.3) is 5.91 Å². The monoisotopic (exact) mass is 325 g/mol. The summed E-state index contributed by atoms with van der Waals surface area (Å²) in [5, 5.41) is 15.5. The van der Waals surface area contributed by atoms with Crippen LogP contribution in [-0.2, 0) is 11.3 Å². The standard InChI is InChI=1S/C18H16ClN3O/c1-13-9-16(19)7-8-17(13)21-12-15(10-20)18(23)22-11-14-5-3-2-4-6-14/h2-9,12,21H,11H2,1H3,(H,22,23)/b15-12-. The Labute approximate surface area is 140 Å². The Morgan fingerprint density at radius 1 is 1.26 bits per heavy atom. The number of benzene rings is 2. The van der Waals surface area contributed by atoms with Crippen LogP contribution in [0.15, 0.2) is 60.3 Å². The minimum absolute atomic E-state index is 0.00952. The van der Waals surface area contributed by atoms with Crippen molar-refractivity contribution >= 4 is 23.2 Å². The van der Waals surface area contributed by atoms with Crippen LogP contribution in [0.1, 0.15) is 11.1 Å². The minimum atomic E-state index is -0.421. The Kier molecular flexibility index (Phi) is 5.79. The molecule has 0 saturated carbocycles. The topological polar surface area (TPSA) is 64.9 Å². The molecule has 4 nitrogen and oxygen atoms in total. The number of nitrogens with zero attached hydrogens (tertiary/aromatic N) is 1. The van der Waals surface area contributed by atoms with E-state index in [1.165, 1.54) is 6.20 Å². The Bertz CT molecular complexity index is 764. The molecule has 0 unspecified atom stereocenters. The van der Waals surface area contributed by atoms with Crippen molar-refractivity contribution in [3.05, 3.63) is 76.5 Å². The van der Waals surface area contributed by atoms with Gasteiger partial charge < -0.3 is 10.6 Å². The molecule has 5 heteroatoms. The lowest BCUT2D eigenvalue weighted by Gasteiger charge is -2.07. The van der Waals surface area contributed by atoms with E-state index in [9.17, 15) is 4.79 Å². The summed E-state index contributed by atoms with van der Waals surface area (Å²) in [6.45, 7) is 2.27. The third-order valence-electron chi connectivity index (χ3n) is 3.22. The molecular formula is C18H16ClN3O. The van der Waals surface area contributed by atoms with Gasteiger partial charge in [-0.2, -0.15) is 5.26 Å². The van der Waals surface area contributed by atoms with Gasteiger partial charge in [-0.3, -0.25) is 4.79 Å². The molecule has 1 amide bonds. The van der Waals surface area contributed by atoms with Gasteiger partial charge in [0.2, 0.25) is 0 Å². The van der Waals surface area contributed by atoms with E-state index in [0.717, 1.165) is 16.8 Å². The average Bonchev–Trinajstić information content (AvgIpc) is 2.56. The van der Waals surface area contributed by atoms with Crippen LogP contribution in [0.2, 0.25) is 5.02 Å². The zero-order valence-corrected chi connectivity index (χ0v) is 13.4. The largest absolute Gasteiger partial charge is 0.360 e. The molecule has 116 valence electrons. The van der Waals surface area contributed by atoms with Gasteiger partial charge in [-0.1, -0.05) is 41.9 Å². The summed E-state index contributed by atoms with van der Waals surface area (Å²) in [4.78, 5) is 12.0. The number of rotatable bonds is 5. The van der Waals surface area contributed by atoms with E-state index >= 15 is 0 Å². The first-order valence-corrected chi connectivity index (χ1v) is 7.43. The maximum atomic E-state index is 12.0. The van der Waals surface area contributed by atoms with Gasteiger partial charge in [0, 0.05) is 23.5 Å². The fraction of sp³-hybridized carbons (Fsp3) is 0.111. The summed E-state index contributed by atoms with van der Waals surface area (Å²) >= 11 is 5.90. The Morgan fingerprint density at radius 3 is 2.65 bits per heavy atom. The molecule has 0 aromatic heterocycles. The van der Waals surface area contributed by atoms with Gasteiger partial charge in [0.05, 0.1) is 0 Å². The number of anilines is 1. The molecular weight excluding hydrogens is 310 g/mol. The van der Waals surface area contributed by atoms with E-state index in [1.807, 2.05) is 43.3 Å². The molecule has 0 atom stereocenters. The summed E-state index contributed by atoms with van der Waals surface area (Å²) in [7, 11) is 0. The third-order valence-corrected chi connectivity index (χ3v) is 3.46. The van der Waals surface area contributed by atoms with Crippen molar-refractivity contribution in [2.24, 2.45) is 0 Å².